The quantitative estimate of drug-likeness (QED) is 0.863. The van der Waals surface area contributed by atoms with Crippen LogP contribution in [0.25, 0.3) is 0 Å². The Labute approximate surface area is 102 Å². The fourth-order valence-electron chi connectivity index (χ4n) is 2.25. The first-order valence-corrected chi connectivity index (χ1v) is 6.45. The Kier molecular flexibility index (Phi) is 4.12. The maximum absolute atomic E-state index is 9.66. The highest BCUT2D eigenvalue weighted by atomic mass is 16.5. The van der Waals surface area contributed by atoms with E-state index in [2.05, 4.69) is 28.9 Å². The number of aromatic nitrogens is 2. The zero-order chi connectivity index (χ0) is 12.3. The van der Waals surface area contributed by atoms with E-state index in [9.17, 15) is 5.11 Å². The number of piperidine rings is 1. The second-order valence-electron chi connectivity index (χ2n) is 4.77. The zero-order valence-electron chi connectivity index (χ0n) is 10.6. The van der Waals surface area contributed by atoms with Crippen LogP contribution in [0.5, 0.6) is 0 Å². The first-order chi connectivity index (χ1) is 8.20. The third kappa shape index (κ3) is 3.04. The van der Waals surface area contributed by atoms with E-state index in [-0.39, 0.29) is 12.1 Å². The summed E-state index contributed by atoms with van der Waals surface area (Å²) in [4.78, 5) is 6.60. The Bertz CT molecular complexity index is 353. The van der Waals surface area contributed by atoms with Gasteiger partial charge in [0.1, 0.15) is 0 Å². The number of nitrogens with zero attached hydrogens (tertiary/aromatic N) is 3. The molecule has 0 aliphatic carbocycles. The van der Waals surface area contributed by atoms with Gasteiger partial charge in [-0.3, -0.25) is 4.90 Å². The van der Waals surface area contributed by atoms with Gasteiger partial charge in [0, 0.05) is 13.0 Å². The molecule has 1 saturated heterocycles. The molecular weight excluding hydrogens is 218 g/mol. The van der Waals surface area contributed by atoms with Crippen molar-refractivity contribution in [1.29, 1.82) is 0 Å². The average molecular weight is 239 g/mol. The van der Waals surface area contributed by atoms with Crippen molar-refractivity contribution >= 4 is 0 Å². The normalized spacial score (nSPS) is 23.8. The Morgan fingerprint density at radius 3 is 3.12 bits per heavy atom. The molecule has 2 atom stereocenters. The minimum Gasteiger partial charge on any atom is -0.392 e. The monoisotopic (exact) mass is 239 g/mol. The first-order valence-electron chi connectivity index (χ1n) is 6.45. The Hall–Kier alpha value is -0.940. The van der Waals surface area contributed by atoms with E-state index in [1.807, 2.05) is 0 Å². The third-order valence-corrected chi connectivity index (χ3v) is 3.29. The molecule has 1 aliphatic rings. The summed E-state index contributed by atoms with van der Waals surface area (Å²) in [7, 11) is 0. The van der Waals surface area contributed by atoms with Crippen molar-refractivity contribution < 1.29 is 9.63 Å². The molecule has 0 amide bonds. The second-order valence-corrected chi connectivity index (χ2v) is 4.77. The number of hydrogen-bond acceptors (Lipinski definition) is 5. The second kappa shape index (κ2) is 5.60. The maximum Gasteiger partial charge on any atom is 0.243 e. The molecule has 5 nitrogen and oxygen atoms in total. The van der Waals surface area contributed by atoms with Gasteiger partial charge in [0.2, 0.25) is 5.89 Å². The molecule has 1 N–H and O–H groups in total. The van der Waals surface area contributed by atoms with Gasteiger partial charge in [-0.1, -0.05) is 12.1 Å². The molecule has 0 spiro atoms. The van der Waals surface area contributed by atoms with Crippen LogP contribution in [-0.4, -0.2) is 39.3 Å². The number of aliphatic hydroxyl groups excluding tert-OH is 1. The fraction of sp³-hybridized carbons (Fsp3) is 0.833. The van der Waals surface area contributed by atoms with E-state index in [0.717, 1.165) is 38.1 Å². The zero-order valence-corrected chi connectivity index (χ0v) is 10.6. The van der Waals surface area contributed by atoms with Crippen molar-refractivity contribution in [2.45, 2.75) is 51.7 Å². The highest BCUT2D eigenvalue weighted by Crippen LogP contribution is 2.23. The first kappa shape index (κ1) is 12.5. The largest absolute Gasteiger partial charge is 0.392 e. The van der Waals surface area contributed by atoms with Gasteiger partial charge in [-0.2, -0.15) is 4.98 Å². The van der Waals surface area contributed by atoms with Crippen molar-refractivity contribution in [1.82, 2.24) is 15.0 Å². The van der Waals surface area contributed by atoms with Gasteiger partial charge in [0.25, 0.3) is 0 Å². The van der Waals surface area contributed by atoms with Crippen LogP contribution < -0.4 is 0 Å². The number of likely N-dealkylation sites (tertiary alicyclic amines) is 1. The lowest BCUT2D eigenvalue weighted by Crippen LogP contribution is -2.39. The summed E-state index contributed by atoms with van der Waals surface area (Å²) in [5.74, 6) is 1.45. The molecule has 2 heterocycles. The number of rotatable bonds is 4. The van der Waals surface area contributed by atoms with Crippen molar-refractivity contribution in [3.63, 3.8) is 0 Å². The predicted octanol–water partition coefficient (Wildman–Crippen LogP) is 1.54. The van der Waals surface area contributed by atoms with E-state index in [0.29, 0.717) is 12.4 Å². The lowest BCUT2D eigenvalue weighted by atomic mass is 10.1. The Morgan fingerprint density at radius 1 is 1.59 bits per heavy atom. The molecule has 0 saturated carbocycles. The van der Waals surface area contributed by atoms with Crippen LogP contribution in [0.15, 0.2) is 4.52 Å². The molecule has 96 valence electrons. The van der Waals surface area contributed by atoms with Gasteiger partial charge >= 0.3 is 0 Å². The van der Waals surface area contributed by atoms with Gasteiger partial charge < -0.3 is 9.63 Å². The van der Waals surface area contributed by atoms with Gasteiger partial charge in [0.05, 0.1) is 12.1 Å². The summed E-state index contributed by atoms with van der Waals surface area (Å²) in [6.07, 6.45) is 3.59. The molecule has 0 aromatic carbocycles. The van der Waals surface area contributed by atoms with Crippen LogP contribution in [0.1, 0.15) is 50.9 Å². The number of hydrogen-bond donors (Lipinski definition) is 1. The molecule has 1 aromatic heterocycles. The average Bonchev–Trinajstić information content (AvgIpc) is 2.77. The fourth-order valence-corrected chi connectivity index (χ4v) is 2.25. The van der Waals surface area contributed by atoms with Crippen LogP contribution in [0, 0.1) is 0 Å². The lowest BCUT2D eigenvalue weighted by molar-refractivity contribution is 0.0422. The Balaban J connectivity index is 1.99. The Morgan fingerprint density at radius 2 is 2.41 bits per heavy atom. The molecule has 17 heavy (non-hydrogen) atoms. The van der Waals surface area contributed by atoms with E-state index < -0.39 is 0 Å². The molecule has 1 aliphatic heterocycles. The van der Waals surface area contributed by atoms with E-state index in [1.165, 1.54) is 0 Å². The minimum atomic E-state index is -0.218. The SMILES string of the molecule is CCCc1noc([C@H](C)N2CCC[C@@H](O)C2)n1. The van der Waals surface area contributed by atoms with E-state index in [4.69, 9.17) is 4.52 Å². The topological polar surface area (TPSA) is 62.4 Å². The summed E-state index contributed by atoms with van der Waals surface area (Å²) in [6, 6.07) is 0.100. The molecule has 1 fully saturated rings. The van der Waals surface area contributed by atoms with Crippen molar-refractivity contribution in [3.05, 3.63) is 11.7 Å². The van der Waals surface area contributed by atoms with Crippen LogP contribution in [-0.2, 0) is 6.42 Å². The summed E-state index contributed by atoms with van der Waals surface area (Å²) in [5.41, 5.74) is 0. The van der Waals surface area contributed by atoms with Crippen molar-refractivity contribution in [3.8, 4) is 0 Å². The predicted molar refractivity (Wildman–Crippen MR) is 63.5 cm³/mol. The van der Waals surface area contributed by atoms with Gasteiger partial charge in [-0.15, -0.1) is 0 Å². The lowest BCUT2D eigenvalue weighted by Gasteiger charge is -2.32. The van der Waals surface area contributed by atoms with E-state index >= 15 is 0 Å². The van der Waals surface area contributed by atoms with Crippen molar-refractivity contribution in [2.75, 3.05) is 13.1 Å². The van der Waals surface area contributed by atoms with Crippen LogP contribution in [0.2, 0.25) is 0 Å². The summed E-state index contributed by atoms with van der Waals surface area (Å²) in [5, 5.41) is 13.6. The van der Waals surface area contributed by atoms with Gasteiger partial charge in [0.15, 0.2) is 5.82 Å². The molecule has 0 unspecified atom stereocenters. The van der Waals surface area contributed by atoms with Gasteiger partial charge in [-0.25, -0.2) is 0 Å². The molecule has 0 radical (unpaired) electrons. The smallest absolute Gasteiger partial charge is 0.243 e. The van der Waals surface area contributed by atoms with Crippen LogP contribution in [0.3, 0.4) is 0 Å². The molecule has 0 bridgehead atoms. The highest BCUT2D eigenvalue weighted by molar-refractivity contribution is 4.93. The standard InChI is InChI=1S/C12H21N3O2/c1-3-5-11-13-12(17-14-11)9(2)15-7-4-6-10(16)8-15/h9-10,16H,3-8H2,1-2H3/t9-,10+/m0/s1. The minimum absolute atomic E-state index is 0.100. The number of β-amino-alcohol motifs (C(OH)–C–C–N with tert-alkyl or cyclic N) is 1. The summed E-state index contributed by atoms with van der Waals surface area (Å²) >= 11 is 0. The molecule has 2 rings (SSSR count). The number of aliphatic hydroxyl groups is 1. The molecule has 5 heteroatoms. The van der Waals surface area contributed by atoms with Crippen molar-refractivity contribution in [2.24, 2.45) is 0 Å². The van der Waals surface area contributed by atoms with Crippen LogP contribution in [0.4, 0.5) is 0 Å². The summed E-state index contributed by atoms with van der Waals surface area (Å²) < 4.78 is 5.28. The summed E-state index contributed by atoms with van der Waals surface area (Å²) in [6.45, 7) is 5.85. The van der Waals surface area contributed by atoms with Gasteiger partial charge in [-0.05, 0) is 32.7 Å². The van der Waals surface area contributed by atoms with E-state index in [1.54, 1.807) is 0 Å². The highest BCUT2D eigenvalue weighted by Gasteiger charge is 2.26. The third-order valence-electron chi connectivity index (χ3n) is 3.29. The maximum atomic E-state index is 9.66. The van der Waals surface area contributed by atoms with Crippen LogP contribution >= 0.6 is 0 Å². The molecule has 1 aromatic rings. The number of aryl methyl sites for hydroxylation is 1. The molecular formula is C12H21N3O2.